The van der Waals surface area contributed by atoms with Crippen molar-refractivity contribution in [2.24, 2.45) is 0 Å². The highest BCUT2D eigenvalue weighted by Crippen LogP contribution is 2.43. The van der Waals surface area contributed by atoms with E-state index in [-0.39, 0.29) is 18.0 Å². The molecule has 7 nitrogen and oxygen atoms in total. The number of ether oxygens (including phenoxy) is 3. The first-order valence-corrected chi connectivity index (χ1v) is 7.66. The third-order valence-corrected chi connectivity index (χ3v) is 4.03. The zero-order valence-corrected chi connectivity index (χ0v) is 13.5. The van der Waals surface area contributed by atoms with Crippen LogP contribution < -0.4 is 9.47 Å². The molecule has 2 rings (SSSR count). The summed E-state index contributed by atoms with van der Waals surface area (Å²) in [6.07, 6.45) is 1.01. The molecule has 124 valence electrons. The van der Waals surface area contributed by atoms with E-state index >= 15 is 0 Å². The lowest BCUT2D eigenvalue weighted by Crippen LogP contribution is -2.25. The molecule has 23 heavy (non-hydrogen) atoms. The maximum Gasteiger partial charge on any atom is 0.278 e. The minimum Gasteiger partial charge on any atom is -0.493 e. The molecular formula is C15H17ClN2O5. The SMILES string of the molecule is COc1cc(C2(C#N)CCOC2)c([N+](=O)[O-])cc1OCCCCl. The number of nitrogens with zero attached hydrogens (tertiary/aromatic N) is 2. The van der Waals surface area contributed by atoms with E-state index in [1.807, 2.05) is 0 Å². The fraction of sp³-hybridized carbons (Fsp3) is 0.533. The molecule has 0 saturated carbocycles. The topological polar surface area (TPSA) is 94.6 Å². The zero-order chi connectivity index (χ0) is 16.9. The van der Waals surface area contributed by atoms with Crippen molar-refractivity contribution >= 4 is 17.3 Å². The van der Waals surface area contributed by atoms with Gasteiger partial charge in [-0.1, -0.05) is 0 Å². The van der Waals surface area contributed by atoms with Gasteiger partial charge in [-0.3, -0.25) is 10.1 Å². The van der Waals surface area contributed by atoms with Gasteiger partial charge in [0, 0.05) is 12.5 Å². The largest absolute Gasteiger partial charge is 0.493 e. The number of benzene rings is 1. The first kappa shape index (κ1) is 17.3. The van der Waals surface area contributed by atoms with E-state index in [9.17, 15) is 15.4 Å². The van der Waals surface area contributed by atoms with Crippen molar-refractivity contribution in [3.05, 3.63) is 27.8 Å². The van der Waals surface area contributed by atoms with Crippen molar-refractivity contribution < 1.29 is 19.1 Å². The Kier molecular flexibility index (Phi) is 5.64. The van der Waals surface area contributed by atoms with Crippen LogP contribution in [0.2, 0.25) is 0 Å². The Labute approximate surface area is 138 Å². The number of nitro benzene ring substituents is 1. The van der Waals surface area contributed by atoms with Gasteiger partial charge in [-0.15, -0.1) is 11.6 Å². The van der Waals surface area contributed by atoms with E-state index in [2.05, 4.69) is 6.07 Å². The van der Waals surface area contributed by atoms with Gasteiger partial charge in [0.15, 0.2) is 11.5 Å². The Hall–Kier alpha value is -2.04. The van der Waals surface area contributed by atoms with Crippen LogP contribution in [0.15, 0.2) is 12.1 Å². The smallest absolute Gasteiger partial charge is 0.278 e. The second-order valence-corrected chi connectivity index (χ2v) is 5.54. The monoisotopic (exact) mass is 340 g/mol. The molecule has 0 spiro atoms. The van der Waals surface area contributed by atoms with Crippen LogP contribution in [0.25, 0.3) is 0 Å². The summed E-state index contributed by atoms with van der Waals surface area (Å²) in [6.45, 7) is 0.837. The van der Waals surface area contributed by atoms with Gasteiger partial charge >= 0.3 is 0 Å². The summed E-state index contributed by atoms with van der Waals surface area (Å²) >= 11 is 5.60. The molecule has 1 unspecified atom stereocenters. The average Bonchev–Trinajstić information content (AvgIpc) is 3.04. The molecule has 1 atom stereocenters. The number of alkyl halides is 1. The van der Waals surface area contributed by atoms with Crippen LogP contribution in [0.5, 0.6) is 11.5 Å². The number of nitro groups is 1. The normalized spacial score (nSPS) is 20.0. The minimum absolute atomic E-state index is 0.125. The molecule has 1 saturated heterocycles. The highest BCUT2D eigenvalue weighted by molar-refractivity contribution is 6.17. The summed E-state index contributed by atoms with van der Waals surface area (Å²) in [7, 11) is 1.45. The predicted molar refractivity (Wildman–Crippen MR) is 83.2 cm³/mol. The maximum atomic E-state index is 11.5. The van der Waals surface area contributed by atoms with E-state index in [1.54, 1.807) is 0 Å². The van der Waals surface area contributed by atoms with E-state index in [1.165, 1.54) is 19.2 Å². The Balaban J connectivity index is 2.50. The summed E-state index contributed by atoms with van der Waals surface area (Å²) < 4.78 is 16.1. The number of nitriles is 1. The van der Waals surface area contributed by atoms with Crippen molar-refractivity contribution in [2.45, 2.75) is 18.3 Å². The molecule has 1 fully saturated rings. The molecule has 0 aliphatic carbocycles. The number of halogens is 1. The fourth-order valence-corrected chi connectivity index (χ4v) is 2.63. The van der Waals surface area contributed by atoms with Crippen molar-refractivity contribution in [1.82, 2.24) is 0 Å². The summed E-state index contributed by atoms with van der Waals surface area (Å²) in [6, 6.07) is 4.98. The van der Waals surface area contributed by atoms with Crippen LogP contribution in [0, 0.1) is 21.4 Å². The van der Waals surface area contributed by atoms with Gasteiger partial charge in [0.1, 0.15) is 5.41 Å². The summed E-state index contributed by atoms with van der Waals surface area (Å²) in [5.74, 6) is 1.04. The Bertz CT molecular complexity index is 623. The molecule has 1 aromatic carbocycles. The predicted octanol–water partition coefficient (Wildman–Crippen LogP) is 2.79. The quantitative estimate of drug-likeness (QED) is 0.328. The van der Waals surface area contributed by atoms with E-state index in [4.69, 9.17) is 25.8 Å². The standard InChI is InChI=1S/C15H17ClN2O5/c1-21-13-7-11(15(9-17)3-6-22-10-15)12(18(19)20)8-14(13)23-5-2-4-16/h7-8H,2-6,10H2,1H3. The summed E-state index contributed by atoms with van der Waals surface area (Å²) in [5, 5.41) is 21.0. The van der Waals surface area contributed by atoms with Crippen LogP contribution >= 0.6 is 11.6 Å². The van der Waals surface area contributed by atoms with Crippen LogP contribution in [0.3, 0.4) is 0 Å². The zero-order valence-electron chi connectivity index (χ0n) is 12.7. The van der Waals surface area contributed by atoms with Gasteiger partial charge in [0.2, 0.25) is 0 Å². The molecule has 0 aromatic heterocycles. The second kappa shape index (κ2) is 7.49. The number of methoxy groups -OCH3 is 1. The summed E-state index contributed by atoms with van der Waals surface area (Å²) in [4.78, 5) is 10.9. The lowest BCUT2D eigenvalue weighted by Gasteiger charge is -2.21. The van der Waals surface area contributed by atoms with Gasteiger partial charge in [0.25, 0.3) is 5.69 Å². The number of rotatable bonds is 7. The van der Waals surface area contributed by atoms with Crippen molar-refractivity contribution in [3.63, 3.8) is 0 Å². The molecule has 0 bridgehead atoms. The summed E-state index contributed by atoms with van der Waals surface area (Å²) in [5.41, 5.74) is -0.910. The third-order valence-electron chi connectivity index (χ3n) is 3.77. The molecule has 0 amide bonds. The van der Waals surface area contributed by atoms with Crippen LogP contribution in [0.1, 0.15) is 18.4 Å². The highest BCUT2D eigenvalue weighted by Gasteiger charge is 2.42. The molecule has 1 aromatic rings. The molecular weight excluding hydrogens is 324 g/mol. The van der Waals surface area contributed by atoms with Crippen molar-refractivity contribution in [3.8, 4) is 17.6 Å². The van der Waals surface area contributed by atoms with Gasteiger partial charge in [-0.25, -0.2) is 0 Å². The van der Waals surface area contributed by atoms with Crippen LogP contribution in [0.4, 0.5) is 5.69 Å². The molecule has 8 heteroatoms. The Morgan fingerprint density at radius 2 is 2.30 bits per heavy atom. The molecule has 0 radical (unpaired) electrons. The number of hydrogen-bond donors (Lipinski definition) is 0. The van der Waals surface area contributed by atoms with Crippen LogP contribution in [-0.2, 0) is 10.2 Å². The van der Waals surface area contributed by atoms with Gasteiger partial charge in [-0.2, -0.15) is 5.26 Å². The van der Waals surface area contributed by atoms with E-state index in [0.29, 0.717) is 43.2 Å². The molecule has 1 heterocycles. The highest BCUT2D eigenvalue weighted by atomic mass is 35.5. The third kappa shape index (κ3) is 3.49. The van der Waals surface area contributed by atoms with Crippen molar-refractivity contribution in [1.29, 1.82) is 5.26 Å². The molecule has 1 aliphatic rings. The molecule has 0 N–H and O–H groups in total. The first-order chi connectivity index (χ1) is 11.1. The van der Waals surface area contributed by atoms with Crippen molar-refractivity contribution in [2.75, 3.05) is 32.8 Å². The van der Waals surface area contributed by atoms with Gasteiger partial charge in [0.05, 0.1) is 42.9 Å². The average molecular weight is 341 g/mol. The first-order valence-electron chi connectivity index (χ1n) is 7.12. The lowest BCUT2D eigenvalue weighted by molar-refractivity contribution is -0.386. The fourth-order valence-electron chi connectivity index (χ4n) is 2.52. The van der Waals surface area contributed by atoms with Gasteiger partial charge < -0.3 is 14.2 Å². The van der Waals surface area contributed by atoms with Gasteiger partial charge in [-0.05, 0) is 18.9 Å². The Morgan fingerprint density at radius 1 is 1.52 bits per heavy atom. The Morgan fingerprint density at radius 3 is 2.83 bits per heavy atom. The minimum atomic E-state index is -1.04. The number of hydrogen-bond acceptors (Lipinski definition) is 6. The lowest BCUT2D eigenvalue weighted by atomic mass is 9.80. The van der Waals surface area contributed by atoms with E-state index in [0.717, 1.165) is 0 Å². The molecule has 1 aliphatic heterocycles. The maximum absolute atomic E-state index is 11.5. The second-order valence-electron chi connectivity index (χ2n) is 5.16. The van der Waals surface area contributed by atoms with Crippen LogP contribution in [-0.4, -0.2) is 37.7 Å². The van der Waals surface area contributed by atoms with E-state index < -0.39 is 10.3 Å².